The van der Waals surface area contributed by atoms with Gasteiger partial charge in [0.1, 0.15) is 0 Å². The topological polar surface area (TPSA) is 53.8 Å². The highest BCUT2D eigenvalue weighted by Crippen LogP contribution is 2.52. The molecule has 1 atom stereocenters. The van der Waals surface area contributed by atoms with Crippen molar-refractivity contribution in [3.63, 3.8) is 0 Å². The summed E-state index contributed by atoms with van der Waals surface area (Å²) in [5, 5.41) is 11.3. The Morgan fingerprint density at radius 3 is 2.80 bits per heavy atom. The van der Waals surface area contributed by atoms with Crippen LogP contribution in [0.3, 0.4) is 0 Å². The van der Waals surface area contributed by atoms with E-state index >= 15 is 0 Å². The van der Waals surface area contributed by atoms with Crippen LogP contribution in [-0.2, 0) is 16.4 Å². The molecule has 0 spiro atoms. The van der Waals surface area contributed by atoms with Crippen LogP contribution in [0.1, 0.15) is 37.3 Å². The predicted octanol–water partition coefficient (Wildman–Crippen LogP) is 4.25. The lowest BCUT2D eigenvalue weighted by molar-refractivity contribution is -0.137. The monoisotopic (exact) mass is 347 g/mol. The molecular formula is C18H16F3N3O. The Bertz CT molecular complexity index is 867. The van der Waals surface area contributed by atoms with Gasteiger partial charge in [-0.05, 0) is 24.5 Å². The molecule has 25 heavy (non-hydrogen) atoms. The second-order valence-corrected chi connectivity index (χ2v) is 6.47. The second-order valence-electron chi connectivity index (χ2n) is 6.47. The van der Waals surface area contributed by atoms with Gasteiger partial charge in [-0.1, -0.05) is 25.1 Å². The molecule has 1 unspecified atom stereocenters. The number of carbonyl (C=O) groups excluding carboxylic acids is 1. The molecule has 0 radical (unpaired) electrons. The fourth-order valence-electron chi connectivity index (χ4n) is 4.19. The Balaban J connectivity index is 1.97. The molecule has 0 saturated carbocycles. The van der Waals surface area contributed by atoms with E-state index < -0.39 is 17.2 Å². The molecule has 2 heterocycles. The maximum Gasteiger partial charge on any atom is 0.416 e. The normalized spacial score (nSPS) is 25.4. The van der Waals surface area contributed by atoms with E-state index in [1.54, 1.807) is 6.07 Å². The quantitative estimate of drug-likeness (QED) is 0.869. The lowest BCUT2D eigenvalue weighted by atomic mass is 9.64. The summed E-state index contributed by atoms with van der Waals surface area (Å²) >= 11 is 0. The SMILES string of the molecule is CCC1(c2cccc(C(F)(F)F)c2)C2=C(N=NC2)NC2=C1C(=O)CC2. The summed E-state index contributed by atoms with van der Waals surface area (Å²) in [6.45, 7) is 2.18. The number of Topliss-reactive ketones (excluding diaryl/α,β-unsaturated/α-hetero) is 1. The molecule has 0 aromatic heterocycles. The lowest BCUT2D eigenvalue weighted by Crippen LogP contribution is -2.40. The van der Waals surface area contributed by atoms with Crippen LogP contribution >= 0.6 is 0 Å². The fraction of sp³-hybridized carbons (Fsp3) is 0.389. The average molecular weight is 347 g/mol. The van der Waals surface area contributed by atoms with Crippen molar-refractivity contribution >= 4 is 5.78 Å². The van der Waals surface area contributed by atoms with Gasteiger partial charge < -0.3 is 5.32 Å². The number of nitrogens with zero attached hydrogens (tertiary/aromatic N) is 2. The first-order valence-electron chi connectivity index (χ1n) is 8.20. The van der Waals surface area contributed by atoms with Gasteiger partial charge in [-0.25, -0.2) is 0 Å². The summed E-state index contributed by atoms with van der Waals surface area (Å²) < 4.78 is 39.7. The standard InChI is InChI=1S/C18H16F3N3O/c1-2-17(10-4-3-5-11(8-10)18(19,20)21)12-9-22-24-16(12)23-13-6-7-14(25)15(13)17/h3-5,8,23H,2,6-7,9H2,1H3. The molecule has 4 rings (SSSR count). The zero-order valence-electron chi connectivity index (χ0n) is 13.6. The van der Waals surface area contributed by atoms with Crippen molar-refractivity contribution in [1.82, 2.24) is 5.32 Å². The number of hydrogen-bond acceptors (Lipinski definition) is 4. The van der Waals surface area contributed by atoms with E-state index in [0.29, 0.717) is 36.2 Å². The van der Waals surface area contributed by atoms with Crippen LogP contribution in [0.4, 0.5) is 13.2 Å². The Kier molecular flexibility index (Phi) is 3.39. The fourth-order valence-corrected chi connectivity index (χ4v) is 4.19. The van der Waals surface area contributed by atoms with Gasteiger partial charge in [0, 0.05) is 23.3 Å². The zero-order chi connectivity index (χ0) is 17.8. The minimum atomic E-state index is -4.43. The van der Waals surface area contributed by atoms with Crippen molar-refractivity contribution in [2.24, 2.45) is 10.2 Å². The van der Waals surface area contributed by atoms with Crippen LogP contribution < -0.4 is 5.32 Å². The number of rotatable bonds is 2. The van der Waals surface area contributed by atoms with Crippen LogP contribution in [0, 0.1) is 0 Å². The molecule has 7 heteroatoms. The van der Waals surface area contributed by atoms with E-state index in [4.69, 9.17) is 0 Å². The molecule has 3 aliphatic rings. The van der Waals surface area contributed by atoms with Gasteiger partial charge in [0.05, 0.1) is 17.5 Å². The summed E-state index contributed by atoms with van der Waals surface area (Å²) in [7, 11) is 0. The van der Waals surface area contributed by atoms with E-state index in [1.807, 2.05) is 6.92 Å². The molecule has 4 nitrogen and oxygen atoms in total. The number of allylic oxidation sites excluding steroid dienone is 2. The minimum absolute atomic E-state index is 0.0137. The van der Waals surface area contributed by atoms with Crippen molar-refractivity contribution in [3.05, 3.63) is 58.1 Å². The molecular weight excluding hydrogens is 331 g/mol. The van der Waals surface area contributed by atoms with Crippen LogP contribution in [-0.4, -0.2) is 12.3 Å². The number of nitrogens with one attached hydrogen (secondary N) is 1. The summed E-state index contributed by atoms with van der Waals surface area (Å²) in [6.07, 6.45) is -3.03. The first-order valence-corrected chi connectivity index (χ1v) is 8.20. The molecule has 1 aromatic rings. The Hall–Kier alpha value is -2.44. The first kappa shape index (κ1) is 16.1. The third-order valence-corrected chi connectivity index (χ3v) is 5.29. The van der Waals surface area contributed by atoms with Crippen LogP contribution in [0.2, 0.25) is 0 Å². The molecule has 130 valence electrons. The Morgan fingerprint density at radius 2 is 2.08 bits per heavy atom. The maximum absolute atomic E-state index is 13.2. The molecule has 0 amide bonds. The van der Waals surface area contributed by atoms with Crippen molar-refractivity contribution in [3.8, 4) is 0 Å². The van der Waals surface area contributed by atoms with Gasteiger partial charge >= 0.3 is 6.18 Å². The number of azo groups is 1. The van der Waals surface area contributed by atoms with Gasteiger partial charge in [0.2, 0.25) is 0 Å². The van der Waals surface area contributed by atoms with Gasteiger partial charge in [-0.3, -0.25) is 4.79 Å². The van der Waals surface area contributed by atoms with Gasteiger partial charge in [-0.2, -0.15) is 18.3 Å². The van der Waals surface area contributed by atoms with Crippen LogP contribution in [0.15, 0.2) is 57.2 Å². The number of dihydropyridines is 1. The van der Waals surface area contributed by atoms with Crippen molar-refractivity contribution < 1.29 is 18.0 Å². The summed E-state index contributed by atoms with van der Waals surface area (Å²) in [5.41, 5.74) is 1.01. The predicted molar refractivity (Wildman–Crippen MR) is 84.6 cm³/mol. The summed E-state index contributed by atoms with van der Waals surface area (Å²) in [5.74, 6) is 0.563. The lowest BCUT2D eigenvalue weighted by Gasteiger charge is -2.39. The third kappa shape index (κ3) is 2.18. The minimum Gasteiger partial charge on any atom is -0.342 e. The second kappa shape index (κ2) is 5.28. The van der Waals surface area contributed by atoms with Crippen LogP contribution in [0.25, 0.3) is 0 Å². The van der Waals surface area contributed by atoms with E-state index in [1.165, 1.54) is 6.07 Å². The van der Waals surface area contributed by atoms with Crippen molar-refractivity contribution in [2.75, 3.05) is 6.54 Å². The van der Waals surface area contributed by atoms with Crippen molar-refractivity contribution in [2.45, 2.75) is 37.8 Å². The highest BCUT2D eigenvalue weighted by Gasteiger charge is 2.50. The molecule has 1 aromatic carbocycles. The third-order valence-electron chi connectivity index (χ3n) is 5.29. The van der Waals surface area contributed by atoms with Crippen LogP contribution in [0.5, 0.6) is 0 Å². The summed E-state index contributed by atoms with van der Waals surface area (Å²) in [6, 6.07) is 5.29. The number of benzene rings is 1. The largest absolute Gasteiger partial charge is 0.416 e. The highest BCUT2D eigenvalue weighted by molar-refractivity contribution is 6.02. The van der Waals surface area contributed by atoms with E-state index in [2.05, 4.69) is 15.5 Å². The maximum atomic E-state index is 13.2. The van der Waals surface area contributed by atoms with Gasteiger partial charge in [0.25, 0.3) is 0 Å². The smallest absolute Gasteiger partial charge is 0.342 e. The van der Waals surface area contributed by atoms with Gasteiger partial charge in [0.15, 0.2) is 11.6 Å². The first-order chi connectivity index (χ1) is 11.9. The molecule has 2 aliphatic heterocycles. The number of hydrogen-bond donors (Lipinski definition) is 1. The number of carbonyl (C=O) groups is 1. The molecule has 0 fully saturated rings. The van der Waals surface area contributed by atoms with Crippen molar-refractivity contribution in [1.29, 1.82) is 0 Å². The molecule has 1 N–H and O–H groups in total. The molecule has 0 saturated heterocycles. The Morgan fingerprint density at radius 1 is 1.28 bits per heavy atom. The highest BCUT2D eigenvalue weighted by atomic mass is 19.4. The number of alkyl halides is 3. The molecule has 0 bridgehead atoms. The zero-order valence-corrected chi connectivity index (χ0v) is 13.6. The Labute approximate surface area is 142 Å². The van der Waals surface area contributed by atoms with E-state index in [-0.39, 0.29) is 12.3 Å². The molecule has 1 aliphatic carbocycles. The summed E-state index contributed by atoms with van der Waals surface area (Å²) in [4.78, 5) is 12.6. The number of ketones is 1. The van der Waals surface area contributed by atoms with E-state index in [0.717, 1.165) is 23.4 Å². The van der Waals surface area contributed by atoms with Gasteiger partial charge in [-0.15, -0.1) is 5.11 Å². The van der Waals surface area contributed by atoms with E-state index in [9.17, 15) is 18.0 Å². The number of halogens is 3. The average Bonchev–Trinajstić information content (AvgIpc) is 3.20.